The second kappa shape index (κ2) is 10.4. The number of hydrogen-bond acceptors (Lipinski definition) is 9. The summed E-state index contributed by atoms with van der Waals surface area (Å²) in [6.07, 6.45) is 8.29. The summed E-state index contributed by atoms with van der Waals surface area (Å²) >= 11 is 0.863. The standard InChI is InChI=1S/C33H33FN4O5S/c1-31-16-19-18-36-38(22-6-4-21(34)5-7-22)25(19)15-20(31)3-8-23-24-9-11-33(30(41)44-14-12-35,32(24,2)17-26(39)28(23)31)42-29(40)27-10-13-37-43-27/h4-7,10,13,15,18,23-24,26,28,39H,3,8-9,11,14,16-17H2,1-2H3/t23-,24-,26-,28+,31-,32-,33-/m0/s1. The predicted octanol–water partition coefficient (Wildman–Crippen LogP) is 5.53. The molecule has 0 unspecified atom stereocenters. The minimum atomic E-state index is -1.51. The first kappa shape index (κ1) is 29.0. The van der Waals surface area contributed by atoms with Gasteiger partial charge in [-0.3, -0.25) is 4.79 Å². The minimum absolute atomic E-state index is 0.0202. The van der Waals surface area contributed by atoms with Crippen molar-refractivity contribution in [3.05, 3.63) is 71.1 Å². The number of allylic oxidation sites excluding steroid dienone is 1. The Balaban J connectivity index is 1.23. The topological polar surface area (TPSA) is 131 Å². The van der Waals surface area contributed by atoms with Crippen LogP contribution >= 0.6 is 11.8 Å². The molecule has 3 fully saturated rings. The molecule has 0 bridgehead atoms. The fourth-order valence-corrected chi connectivity index (χ4v) is 10.1. The number of thioether (sulfide) groups is 1. The number of hydrogen-bond donors (Lipinski definition) is 1. The molecule has 0 radical (unpaired) electrons. The van der Waals surface area contributed by atoms with Gasteiger partial charge in [0.05, 0.1) is 41.7 Å². The molecule has 44 heavy (non-hydrogen) atoms. The maximum Gasteiger partial charge on any atom is 0.378 e. The van der Waals surface area contributed by atoms with Crippen LogP contribution in [0.1, 0.15) is 67.8 Å². The number of ether oxygens (including phenoxy) is 1. The number of esters is 1. The Hall–Kier alpha value is -3.75. The van der Waals surface area contributed by atoms with Crippen molar-refractivity contribution < 1.29 is 28.3 Å². The van der Waals surface area contributed by atoms with Crippen LogP contribution in [0.25, 0.3) is 11.8 Å². The molecule has 7 atom stereocenters. The molecule has 1 aromatic carbocycles. The number of benzene rings is 1. The monoisotopic (exact) mass is 616 g/mol. The number of halogens is 1. The summed E-state index contributed by atoms with van der Waals surface area (Å²) in [5.74, 6) is -1.17. The lowest BCUT2D eigenvalue weighted by molar-refractivity contribution is -0.175. The highest BCUT2D eigenvalue weighted by atomic mass is 32.2. The van der Waals surface area contributed by atoms with E-state index in [9.17, 15) is 24.3 Å². The fraction of sp³-hybridized carbons (Fsp3) is 0.485. The maximum absolute atomic E-state index is 13.9. The highest BCUT2D eigenvalue weighted by Crippen LogP contribution is 2.69. The molecule has 0 spiro atoms. The van der Waals surface area contributed by atoms with Crippen LogP contribution < -0.4 is 0 Å². The second-order valence-corrected chi connectivity index (χ2v) is 14.0. The predicted molar refractivity (Wildman–Crippen MR) is 159 cm³/mol. The van der Waals surface area contributed by atoms with Gasteiger partial charge in [-0.25, -0.2) is 13.9 Å². The quantitative estimate of drug-likeness (QED) is 0.368. The van der Waals surface area contributed by atoms with E-state index in [4.69, 9.17) is 9.26 Å². The van der Waals surface area contributed by atoms with Crippen molar-refractivity contribution in [2.75, 3.05) is 5.75 Å². The number of aromatic nitrogens is 3. The van der Waals surface area contributed by atoms with Crippen LogP contribution in [0.15, 0.2) is 52.8 Å². The van der Waals surface area contributed by atoms with Crippen molar-refractivity contribution in [2.24, 2.45) is 28.6 Å². The molecule has 2 aromatic heterocycles. The Labute approximate surface area is 258 Å². The highest BCUT2D eigenvalue weighted by Gasteiger charge is 2.70. The summed E-state index contributed by atoms with van der Waals surface area (Å²) < 4.78 is 26.6. The first-order chi connectivity index (χ1) is 21.1. The van der Waals surface area contributed by atoms with Crippen LogP contribution in [-0.4, -0.2) is 48.6 Å². The lowest BCUT2D eigenvalue weighted by Gasteiger charge is -2.60. The molecule has 3 saturated carbocycles. The van der Waals surface area contributed by atoms with Gasteiger partial charge >= 0.3 is 5.97 Å². The first-order valence-corrected chi connectivity index (χ1v) is 16.0. The zero-order valence-corrected chi connectivity index (χ0v) is 25.3. The molecule has 1 N–H and O–H groups in total. The van der Waals surface area contributed by atoms with Crippen LogP contribution in [-0.2, 0) is 16.0 Å². The summed E-state index contributed by atoms with van der Waals surface area (Å²) in [4.78, 5) is 27.1. The number of aliphatic hydroxyl groups excluding tert-OH is 1. The molecular formula is C33H33FN4O5S. The van der Waals surface area contributed by atoms with E-state index in [2.05, 4.69) is 23.3 Å². The van der Waals surface area contributed by atoms with Gasteiger partial charge in [-0.05, 0) is 97.6 Å². The summed E-state index contributed by atoms with van der Waals surface area (Å²) in [6.45, 7) is 4.21. The van der Waals surface area contributed by atoms with Gasteiger partial charge in [-0.1, -0.05) is 36.3 Å². The van der Waals surface area contributed by atoms with Crippen molar-refractivity contribution in [3.63, 3.8) is 0 Å². The molecule has 9 nitrogen and oxygen atoms in total. The van der Waals surface area contributed by atoms with Crippen molar-refractivity contribution in [1.82, 2.24) is 14.9 Å². The van der Waals surface area contributed by atoms with Gasteiger partial charge in [0.2, 0.25) is 10.9 Å². The van der Waals surface area contributed by atoms with Crippen LogP contribution in [0.3, 0.4) is 0 Å². The maximum atomic E-state index is 13.9. The number of carbonyl (C=O) groups is 2. The van der Waals surface area contributed by atoms with Crippen molar-refractivity contribution in [2.45, 2.75) is 64.1 Å². The van der Waals surface area contributed by atoms with Crippen molar-refractivity contribution >= 4 is 28.9 Å². The van der Waals surface area contributed by atoms with E-state index in [1.165, 1.54) is 30.0 Å². The number of aliphatic hydroxyl groups is 1. The summed E-state index contributed by atoms with van der Waals surface area (Å²) in [6, 6.07) is 9.70. The van der Waals surface area contributed by atoms with Gasteiger partial charge in [0.15, 0.2) is 5.60 Å². The first-order valence-electron chi connectivity index (χ1n) is 15.0. The third-order valence-corrected chi connectivity index (χ3v) is 12.0. The Morgan fingerprint density at radius 2 is 2.05 bits per heavy atom. The van der Waals surface area contributed by atoms with Gasteiger partial charge in [-0.2, -0.15) is 10.4 Å². The van der Waals surface area contributed by atoms with Crippen LogP contribution in [0, 0.1) is 45.7 Å². The Morgan fingerprint density at radius 1 is 1.25 bits per heavy atom. The summed E-state index contributed by atoms with van der Waals surface area (Å²) in [7, 11) is 0. The van der Waals surface area contributed by atoms with Crippen LogP contribution in [0.4, 0.5) is 4.39 Å². The number of carbonyl (C=O) groups excluding carboxylic acids is 2. The zero-order chi connectivity index (χ0) is 30.9. The minimum Gasteiger partial charge on any atom is -0.444 e. The number of nitriles is 1. The normalized spacial score (nSPS) is 33.7. The SMILES string of the molecule is C[C@]12Cc3cnn(-c4ccc(F)cc4)c3C=C1CC[C@@H]1[C@@H]2[C@@H](O)C[C@@]2(C)[C@H]1CC[C@]2(OC(=O)c1ccno1)C(=O)SCC#N. The molecule has 7 rings (SSSR count). The molecule has 0 amide bonds. The Morgan fingerprint density at radius 3 is 2.77 bits per heavy atom. The smallest absolute Gasteiger partial charge is 0.378 e. The Bertz CT molecular complexity index is 1700. The van der Waals surface area contributed by atoms with Gasteiger partial charge in [-0.15, -0.1) is 0 Å². The lowest BCUT2D eigenvalue weighted by Crippen LogP contribution is -2.62. The number of rotatable bonds is 5. The van der Waals surface area contributed by atoms with Gasteiger partial charge in [0.25, 0.3) is 0 Å². The summed E-state index contributed by atoms with van der Waals surface area (Å²) in [5.41, 5.74) is 1.43. The third-order valence-electron chi connectivity index (χ3n) is 11.1. The van der Waals surface area contributed by atoms with Gasteiger partial charge < -0.3 is 14.4 Å². The van der Waals surface area contributed by atoms with Crippen LogP contribution in [0.2, 0.25) is 0 Å². The molecule has 0 aliphatic heterocycles. The van der Waals surface area contributed by atoms with E-state index in [1.54, 1.807) is 12.1 Å². The third kappa shape index (κ3) is 4.14. The molecule has 2 heterocycles. The fourth-order valence-electron chi connectivity index (χ4n) is 9.25. The molecule has 228 valence electrons. The molecule has 3 aromatic rings. The molecule has 4 aliphatic carbocycles. The van der Waals surface area contributed by atoms with Crippen molar-refractivity contribution in [3.8, 4) is 11.8 Å². The molecule has 0 saturated heterocycles. The highest BCUT2D eigenvalue weighted by molar-refractivity contribution is 8.14. The zero-order valence-electron chi connectivity index (χ0n) is 24.5. The Kier molecular flexibility index (Phi) is 6.86. The van der Waals surface area contributed by atoms with Crippen LogP contribution in [0.5, 0.6) is 0 Å². The van der Waals surface area contributed by atoms with E-state index in [0.717, 1.165) is 41.5 Å². The molecule has 4 aliphatic rings. The van der Waals surface area contributed by atoms with Crippen molar-refractivity contribution in [1.29, 1.82) is 5.26 Å². The van der Waals surface area contributed by atoms with Gasteiger partial charge in [0, 0.05) is 11.5 Å². The molecular weight excluding hydrogens is 583 g/mol. The summed E-state index contributed by atoms with van der Waals surface area (Å²) in [5, 5.41) is 29.2. The molecule has 11 heteroatoms. The second-order valence-electron chi connectivity index (χ2n) is 13.1. The van der Waals surface area contributed by atoms with E-state index in [-0.39, 0.29) is 52.0 Å². The van der Waals surface area contributed by atoms with E-state index in [1.807, 2.05) is 23.9 Å². The van der Waals surface area contributed by atoms with E-state index >= 15 is 0 Å². The number of fused-ring (bicyclic) bond motifs is 6. The van der Waals surface area contributed by atoms with E-state index < -0.39 is 23.1 Å². The lowest BCUT2D eigenvalue weighted by atomic mass is 9.45. The largest absolute Gasteiger partial charge is 0.444 e. The number of nitrogens with zero attached hydrogens (tertiary/aromatic N) is 4. The average molecular weight is 617 g/mol. The average Bonchev–Trinajstić information content (AvgIpc) is 3.73. The van der Waals surface area contributed by atoms with Gasteiger partial charge in [0.1, 0.15) is 5.82 Å². The van der Waals surface area contributed by atoms with E-state index in [0.29, 0.717) is 19.3 Å².